The van der Waals surface area contributed by atoms with Gasteiger partial charge in [-0.15, -0.1) is 0 Å². The maximum absolute atomic E-state index is 5.73. The molecule has 0 radical (unpaired) electrons. The fourth-order valence-corrected chi connectivity index (χ4v) is 2.89. The van der Waals surface area contributed by atoms with Crippen molar-refractivity contribution in [1.82, 2.24) is 0 Å². The van der Waals surface area contributed by atoms with E-state index in [2.05, 4.69) is 45.9 Å². The molecule has 2 nitrogen and oxygen atoms in total. The van der Waals surface area contributed by atoms with Crippen LogP contribution in [0.1, 0.15) is 51.7 Å². The monoisotopic (exact) mass is 276 g/mol. The number of benzene rings is 1. The number of ether oxygens (including phenoxy) is 2. The van der Waals surface area contributed by atoms with Crippen LogP contribution in [0.5, 0.6) is 5.75 Å². The second kappa shape index (κ2) is 7.12. The van der Waals surface area contributed by atoms with Crippen molar-refractivity contribution < 1.29 is 9.47 Å². The summed E-state index contributed by atoms with van der Waals surface area (Å²) in [4.78, 5) is 0. The zero-order valence-electron chi connectivity index (χ0n) is 13.3. The summed E-state index contributed by atoms with van der Waals surface area (Å²) in [5.41, 5.74) is 2.87. The quantitative estimate of drug-likeness (QED) is 0.657. The maximum atomic E-state index is 5.73. The summed E-state index contributed by atoms with van der Waals surface area (Å²) >= 11 is 0. The SMILES string of the molecule is CCCOc1ccc(CC(C)C2OC2CC)c(CC)c1. The van der Waals surface area contributed by atoms with Crippen LogP contribution in [0.3, 0.4) is 0 Å². The number of rotatable bonds is 8. The molecule has 1 aromatic carbocycles. The van der Waals surface area contributed by atoms with Gasteiger partial charge in [-0.05, 0) is 54.9 Å². The van der Waals surface area contributed by atoms with Crippen molar-refractivity contribution in [3.63, 3.8) is 0 Å². The highest BCUT2D eigenvalue weighted by Gasteiger charge is 2.41. The lowest BCUT2D eigenvalue weighted by atomic mass is 9.92. The van der Waals surface area contributed by atoms with Crippen molar-refractivity contribution in [1.29, 1.82) is 0 Å². The number of hydrogen-bond acceptors (Lipinski definition) is 2. The second-order valence-electron chi connectivity index (χ2n) is 5.86. The molecular weight excluding hydrogens is 248 g/mol. The Morgan fingerprint density at radius 1 is 1.20 bits per heavy atom. The van der Waals surface area contributed by atoms with Crippen molar-refractivity contribution in [2.75, 3.05) is 6.61 Å². The van der Waals surface area contributed by atoms with Gasteiger partial charge >= 0.3 is 0 Å². The zero-order chi connectivity index (χ0) is 14.5. The Balaban J connectivity index is 2.00. The van der Waals surface area contributed by atoms with Gasteiger partial charge in [0.2, 0.25) is 0 Å². The van der Waals surface area contributed by atoms with Crippen molar-refractivity contribution in [2.24, 2.45) is 5.92 Å². The lowest BCUT2D eigenvalue weighted by Gasteiger charge is -2.14. The summed E-state index contributed by atoms with van der Waals surface area (Å²) < 4.78 is 11.5. The maximum Gasteiger partial charge on any atom is 0.119 e. The van der Waals surface area contributed by atoms with Gasteiger partial charge in [0.05, 0.1) is 18.8 Å². The first-order valence-corrected chi connectivity index (χ1v) is 8.09. The summed E-state index contributed by atoms with van der Waals surface area (Å²) in [6.45, 7) is 9.66. The molecule has 2 rings (SSSR count). The molecule has 3 unspecified atom stereocenters. The summed E-state index contributed by atoms with van der Waals surface area (Å²) in [5, 5.41) is 0. The minimum atomic E-state index is 0.473. The molecule has 1 aliphatic heterocycles. The number of hydrogen-bond donors (Lipinski definition) is 0. The topological polar surface area (TPSA) is 21.8 Å². The Morgan fingerprint density at radius 2 is 2.00 bits per heavy atom. The molecule has 0 N–H and O–H groups in total. The molecule has 1 heterocycles. The van der Waals surface area contributed by atoms with Crippen LogP contribution in [0.15, 0.2) is 18.2 Å². The van der Waals surface area contributed by atoms with Crippen molar-refractivity contribution in [2.45, 2.75) is 65.6 Å². The first kappa shape index (κ1) is 15.4. The van der Waals surface area contributed by atoms with Crippen LogP contribution in [-0.2, 0) is 17.6 Å². The predicted octanol–water partition coefficient (Wildman–Crippen LogP) is 4.39. The van der Waals surface area contributed by atoms with E-state index >= 15 is 0 Å². The third-order valence-electron chi connectivity index (χ3n) is 4.16. The van der Waals surface area contributed by atoms with Gasteiger partial charge in [0.1, 0.15) is 5.75 Å². The first-order chi connectivity index (χ1) is 9.69. The van der Waals surface area contributed by atoms with Crippen LogP contribution in [0.2, 0.25) is 0 Å². The molecule has 1 aromatic rings. The molecule has 1 saturated heterocycles. The predicted molar refractivity (Wildman–Crippen MR) is 83.4 cm³/mol. The van der Waals surface area contributed by atoms with Gasteiger partial charge in [0.15, 0.2) is 0 Å². The van der Waals surface area contributed by atoms with Gasteiger partial charge in [-0.3, -0.25) is 0 Å². The molecule has 1 fully saturated rings. The normalized spacial score (nSPS) is 22.6. The molecule has 0 aromatic heterocycles. The van der Waals surface area contributed by atoms with E-state index < -0.39 is 0 Å². The average molecular weight is 276 g/mol. The van der Waals surface area contributed by atoms with Gasteiger partial charge in [-0.2, -0.15) is 0 Å². The standard InChI is InChI=1S/C18H28O2/c1-5-10-19-16-9-8-15(14(6-2)12-16)11-13(4)18-17(7-3)20-18/h8-9,12-13,17-18H,5-7,10-11H2,1-4H3. The Hall–Kier alpha value is -1.02. The Kier molecular flexibility index (Phi) is 5.47. The molecular formula is C18H28O2. The fraction of sp³-hybridized carbons (Fsp3) is 0.667. The van der Waals surface area contributed by atoms with Crippen LogP contribution in [0, 0.1) is 5.92 Å². The molecule has 0 amide bonds. The first-order valence-electron chi connectivity index (χ1n) is 8.09. The second-order valence-corrected chi connectivity index (χ2v) is 5.86. The molecule has 3 atom stereocenters. The van der Waals surface area contributed by atoms with E-state index in [0.29, 0.717) is 18.1 Å². The smallest absolute Gasteiger partial charge is 0.119 e. The van der Waals surface area contributed by atoms with Gasteiger partial charge in [0.25, 0.3) is 0 Å². The van der Waals surface area contributed by atoms with Crippen LogP contribution >= 0.6 is 0 Å². The highest BCUT2D eigenvalue weighted by Crippen LogP contribution is 2.34. The lowest BCUT2D eigenvalue weighted by molar-refractivity contribution is 0.316. The third kappa shape index (κ3) is 3.76. The summed E-state index contributed by atoms with van der Waals surface area (Å²) in [6.07, 6.45) is 5.34. The highest BCUT2D eigenvalue weighted by atomic mass is 16.6. The van der Waals surface area contributed by atoms with E-state index in [4.69, 9.17) is 9.47 Å². The van der Waals surface area contributed by atoms with E-state index in [1.807, 2.05) is 0 Å². The van der Waals surface area contributed by atoms with E-state index in [1.54, 1.807) is 0 Å². The molecule has 20 heavy (non-hydrogen) atoms. The lowest BCUT2D eigenvalue weighted by Crippen LogP contribution is -2.11. The van der Waals surface area contributed by atoms with Gasteiger partial charge in [-0.1, -0.05) is 33.8 Å². The largest absolute Gasteiger partial charge is 0.494 e. The van der Waals surface area contributed by atoms with Crippen molar-refractivity contribution in [3.05, 3.63) is 29.3 Å². The zero-order valence-corrected chi connectivity index (χ0v) is 13.3. The van der Waals surface area contributed by atoms with Crippen LogP contribution in [-0.4, -0.2) is 18.8 Å². The Morgan fingerprint density at radius 3 is 2.60 bits per heavy atom. The highest BCUT2D eigenvalue weighted by molar-refractivity contribution is 5.36. The number of epoxide rings is 1. The van der Waals surface area contributed by atoms with Gasteiger partial charge in [-0.25, -0.2) is 0 Å². The van der Waals surface area contributed by atoms with E-state index in [9.17, 15) is 0 Å². The van der Waals surface area contributed by atoms with Gasteiger partial charge in [0, 0.05) is 0 Å². The Bertz CT molecular complexity index is 427. The molecule has 0 aliphatic carbocycles. The van der Waals surface area contributed by atoms with Crippen molar-refractivity contribution in [3.8, 4) is 5.75 Å². The van der Waals surface area contributed by atoms with E-state index in [0.717, 1.165) is 38.0 Å². The van der Waals surface area contributed by atoms with E-state index in [1.165, 1.54) is 11.1 Å². The number of aryl methyl sites for hydroxylation is 1. The third-order valence-corrected chi connectivity index (χ3v) is 4.16. The molecule has 0 saturated carbocycles. The summed E-state index contributed by atoms with van der Waals surface area (Å²) in [7, 11) is 0. The van der Waals surface area contributed by atoms with Crippen molar-refractivity contribution >= 4 is 0 Å². The van der Waals surface area contributed by atoms with Gasteiger partial charge < -0.3 is 9.47 Å². The Labute approximate surface area is 123 Å². The summed E-state index contributed by atoms with van der Waals surface area (Å²) in [5.74, 6) is 1.61. The fourth-order valence-electron chi connectivity index (χ4n) is 2.89. The minimum absolute atomic E-state index is 0.473. The van der Waals surface area contributed by atoms with E-state index in [-0.39, 0.29) is 0 Å². The van der Waals surface area contributed by atoms with Crippen LogP contribution < -0.4 is 4.74 Å². The van der Waals surface area contributed by atoms with Crippen LogP contribution in [0.4, 0.5) is 0 Å². The molecule has 1 aliphatic rings. The molecule has 112 valence electrons. The van der Waals surface area contributed by atoms with Crippen LogP contribution in [0.25, 0.3) is 0 Å². The average Bonchev–Trinajstić information content (AvgIpc) is 3.25. The molecule has 0 bridgehead atoms. The molecule has 0 spiro atoms. The summed E-state index contributed by atoms with van der Waals surface area (Å²) in [6, 6.07) is 6.56. The molecule has 2 heteroatoms. The minimum Gasteiger partial charge on any atom is -0.494 e.